The van der Waals surface area contributed by atoms with E-state index in [2.05, 4.69) is 15.5 Å². The Bertz CT molecular complexity index is 576. The highest BCUT2D eigenvalue weighted by atomic mass is 32.2. The highest BCUT2D eigenvalue weighted by Gasteiger charge is 2.15. The maximum Gasteiger partial charge on any atom is 0.234 e. The second-order valence-electron chi connectivity index (χ2n) is 6.28. The van der Waals surface area contributed by atoms with Gasteiger partial charge in [-0.2, -0.15) is 0 Å². The molecule has 1 heterocycles. The third kappa shape index (κ3) is 8.18. The van der Waals surface area contributed by atoms with Crippen molar-refractivity contribution in [2.45, 2.75) is 13.0 Å². The lowest BCUT2D eigenvalue weighted by Crippen LogP contribution is -2.44. The zero-order chi connectivity index (χ0) is 18.8. The highest BCUT2D eigenvalue weighted by Crippen LogP contribution is 2.09. The number of hydrogen-bond acceptors (Lipinski definition) is 6. The molecule has 0 aliphatic carbocycles. The van der Waals surface area contributed by atoms with Crippen LogP contribution in [0.4, 0.5) is 5.69 Å². The molecular formula is C18H27N3O4S. The predicted octanol–water partition coefficient (Wildman–Crippen LogP) is 0.476. The number of β-amino-alcohol motifs (C(OH)–C–C–N with tert-alkyl or cyclic N) is 1. The molecule has 1 saturated heterocycles. The van der Waals surface area contributed by atoms with Gasteiger partial charge in [-0.25, -0.2) is 0 Å². The zero-order valence-corrected chi connectivity index (χ0v) is 15.9. The van der Waals surface area contributed by atoms with Crippen LogP contribution in [-0.2, 0) is 14.3 Å². The van der Waals surface area contributed by atoms with Crippen molar-refractivity contribution in [3.8, 4) is 0 Å². The molecule has 1 fully saturated rings. The van der Waals surface area contributed by atoms with Crippen molar-refractivity contribution in [2.24, 2.45) is 0 Å². The van der Waals surface area contributed by atoms with E-state index in [0.717, 1.165) is 24.3 Å². The van der Waals surface area contributed by atoms with E-state index in [1.807, 2.05) is 31.2 Å². The Hall–Kier alpha value is -1.61. The largest absolute Gasteiger partial charge is 0.390 e. The third-order valence-electron chi connectivity index (χ3n) is 3.91. The van der Waals surface area contributed by atoms with Crippen molar-refractivity contribution in [1.29, 1.82) is 0 Å². The van der Waals surface area contributed by atoms with Crippen LogP contribution in [0, 0.1) is 6.92 Å². The number of carbonyl (C=O) groups is 2. The number of benzene rings is 1. The van der Waals surface area contributed by atoms with Crippen LogP contribution in [0.25, 0.3) is 0 Å². The summed E-state index contributed by atoms with van der Waals surface area (Å²) in [4.78, 5) is 25.8. The third-order valence-corrected chi connectivity index (χ3v) is 4.84. The predicted molar refractivity (Wildman–Crippen MR) is 103 cm³/mol. The van der Waals surface area contributed by atoms with Gasteiger partial charge in [0.25, 0.3) is 0 Å². The summed E-state index contributed by atoms with van der Waals surface area (Å²) in [5, 5.41) is 15.5. The summed E-state index contributed by atoms with van der Waals surface area (Å²) in [6, 6.07) is 7.55. The van der Waals surface area contributed by atoms with Gasteiger partial charge in [0.05, 0.1) is 30.8 Å². The highest BCUT2D eigenvalue weighted by molar-refractivity contribution is 8.00. The fourth-order valence-corrected chi connectivity index (χ4v) is 3.15. The summed E-state index contributed by atoms with van der Waals surface area (Å²) in [6.07, 6.45) is -0.605. The van der Waals surface area contributed by atoms with Gasteiger partial charge in [-0.3, -0.25) is 14.5 Å². The molecule has 7 nitrogen and oxygen atoms in total. The summed E-state index contributed by atoms with van der Waals surface area (Å²) < 4.78 is 5.26. The fraction of sp³-hybridized carbons (Fsp3) is 0.556. The van der Waals surface area contributed by atoms with E-state index in [9.17, 15) is 14.7 Å². The monoisotopic (exact) mass is 381 g/mol. The number of aryl methyl sites for hydroxylation is 1. The summed E-state index contributed by atoms with van der Waals surface area (Å²) >= 11 is 1.25. The van der Waals surface area contributed by atoms with Crippen LogP contribution < -0.4 is 10.6 Å². The average molecular weight is 381 g/mol. The second-order valence-corrected chi connectivity index (χ2v) is 7.26. The number of rotatable bonds is 9. The number of anilines is 1. The van der Waals surface area contributed by atoms with Crippen LogP contribution in [0.5, 0.6) is 0 Å². The van der Waals surface area contributed by atoms with E-state index in [0.29, 0.717) is 19.8 Å². The lowest BCUT2D eigenvalue weighted by molar-refractivity contribution is -0.119. The van der Waals surface area contributed by atoms with Gasteiger partial charge >= 0.3 is 0 Å². The molecule has 0 unspecified atom stereocenters. The van der Waals surface area contributed by atoms with E-state index < -0.39 is 6.10 Å². The normalized spacial score (nSPS) is 16.1. The fourth-order valence-electron chi connectivity index (χ4n) is 2.50. The van der Waals surface area contributed by atoms with Gasteiger partial charge in [-0.1, -0.05) is 17.7 Å². The van der Waals surface area contributed by atoms with Crippen LogP contribution in [0.2, 0.25) is 0 Å². The van der Waals surface area contributed by atoms with E-state index >= 15 is 0 Å². The molecule has 0 radical (unpaired) electrons. The summed E-state index contributed by atoms with van der Waals surface area (Å²) in [5.74, 6) is 0.0709. The average Bonchev–Trinajstić information content (AvgIpc) is 2.63. The quantitative estimate of drug-likeness (QED) is 0.576. The molecule has 1 aromatic rings. The van der Waals surface area contributed by atoms with Gasteiger partial charge in [0.15, 0.2) is 0 Å². The Balaban J connectivity index is 1.55. The van der Waals surface area contributed by atoms with E-state index in [4.69, 9.17) is 4.74 Å². The molecule has 2 amide bonds. The Morgan fingerprint density at radius 3 is 2.54 bits per heavy atom. The minimum absolute atomic E-state index is 0.140. The topological polar surface area (TPSA) is 90.9 Å². The number of hydrogen-bond donors (Lipinski definition) is 3. The van der Waals surface area contributed by atoms with Gasteiger partial charge in [0.1, 0.15) is 0 Å². The van der Waals surface area contributed by atoms with Crippen LogP contribution in [-0.4, -0.2) is 78.8 Å². The van der Waals surface area contributed by atoms with Crippen molar-refractivity contribution in [1.82, 2.24) is 10.2 Å². The number of carbonyl (C=O) groups excluding carboxylic acids is 2. The summed E-state index contributed by atoms with van der Waals surface area (Å²) in [5.41, 5.74) is 1.88. The molecule has 1 aromatic carbocycles. The van der Waals surface area contributed by atoms with Gasteiger partial charge < -0.3 is 20.5 Å². The minimum Gasteiger partial charge on any atom is -0.390 e. The number of thioether (sulfide) groups is 1. The molecule has 0 aromatic heterocycles. The molecular weight excluding hydrogens is 354 g/mol. The SMILES string of the molecule is Cc1ccc(NC(=O)CSCC(=O)NC[C@@H](O)CN2CCOCC2)cc1. The first-order valence-electron chi connectivity index (χ1n) is 8.72. The Morgan fingerprint density at radius 2 is 1.85 bits per heavy atom. The number of nitrogens with one attached hydrogen (secondary N) is 2. The molecule has 144 valence electrons. The van der Waals surface area contributed by atoms with E-state index in [-0.39, 0.29) is 29.9 Å². The first-order valence-corrected chi connectivity index (χ1v) is 9.87. The molecule has 3 N–H and O–H groups in total. The Morgan fingerprint density at radius 1 is 1.19 bits per heavy atom. The van der Waals surface area contributed by atoms with Crippen LogP contribution >= 0.6 is 11.8 Å². The van der Waals surface area contributed by atoms with Crippen molar-refractivity contribution in [2.75, 3.05) is 56.2 Å². The van der Waals surface area contributed by atoms with Gasteiger partial charge in [0.2, 0.25) is 11.8 Å². The molecule has 0 spiro atoms. The van der Waals surface area contributed by atoms with E-state index in [1.165, 1.54) is 11.8 Å². The molecule has 0 saturated carbocycles. The smallest absolute Gasteiger partial charge is 0.234 e. The zero-order valence-electron chi connectivity index (χ0n) is 15.1. The molecule has 1 atom stereocenters. The van der Waals surface area contributed by atoms with Gasteiger partial charge in [-0.05, 0) is 19.1 Å². The maximum atomic E-state index is 11.8. The molecule has 2 rings (SSSR count). The maximum absolute atomic E-state index is 11.8. The summed E-state index contributed by atoms with van der Waals surface area (Å²) in [7, 11) is 0. The molecule has 1 aliphatic rings. The lowest BCUT2D eigenvalue weighted by atomic mass is 10.2. The van der Waals surface area contributed by atoms with Crippen molar-refractivity contribution in [3.63, 3.8) is 0 Å². The van der Waals surface area contributed by atoms with Crippen molar-refractivity contribution < 1.29 is 19.4 Å². The molecule has 1 aliphatic heterocycles. The number of nitrogens with zero attached hydrogens (tertiary/aromatic N) is 1. The van der Waals surface area contributed by atoms with Crippen LogP contribution in [0.3, 0.4) is 0 Å². The lowest BCUT2D eigenvalue weighted by Gasteiger charge is -2.28. The second kappa shape index (κ2) is 11.2. The number of aliphatic hydroxyl groups is 1. The van der Waals surface area contributed by atoms with Gasteiger partial charge in [-0.15, -0.1) is 11.8 Å². The Kier molecular flexibility index (Phi) is 8.90. The number of morpholine rings is 1. The standard InChI is InChI=1S/C18H27N3O4S/c1-14-2-4-15(5-3-14)20-18(24)13-26-12-17(23)19-10-16(22)11-21-6-8-25-9-7-21/h2-5,16,22H,6-13H2,1H3,(H,19,23)(H,20,24)/t16-/m1/s1. The van der Waals surface area contributed by atoms with Crippen molar-refractivity contribution in [3.05, 3.63) is 29.8 Å². The molecule has 0 bridgehead atoms. The van der Waals surface area contributed by atoms with E-state index in [1.54, 1.807) is 0 Å². The van der Waals surface area contributed by atoms with Crippen LogP contribution in [0.1, 0.15) is 5.56 Å². The first-order chi connectivity index (χ1) is 12.5. The first kappa shape index (κ1) is 20.7. The minimum atomic E-state index is -0.605. The number of amides is 2. The van der Waals surface area contributed by atoms with Crippen molar-refractivity contribution >= 4 is 29.3 Å². The number of aliphatic hydroxyl groups excluding tert-OH is 1. The molecule has 8 heteroatoms. The van der Waals surface area contributed by atoms with Crippen LogP contribution in [0.15, 0.2) is 24.3 Å². The Labute approximate surface area is 158 Å². The molecule has 26 heavy (non-hydrogen) atoms. The number of ether oxygens (including phenoxy) is 1. The summed E-state index contributed by atoms with van der Waals surface area (Å²) in [6.45, 7) is 5.69. The van der Waals surface area contributed by atoms with Gasteiger partial charge in [0, 0.05) is 31.9 Å².